The number of carbonyl (C=O) groups is 1. The predicted molar refractivity (Wildman–Crippen MR) is 108 cm³/mol. The fraction of sp³-hybridized carbons (Fsp3) is 0.182. The summed E-state index contributed by atoms with van der Waals surface area (Å²) < 4.78 is 5.32. The number of anilines is 2. The van der Waals surface area contributed by atoms with Crippen molar-refractivity contribution in [3.63, 3.8) is 0 Å². The predicted octanol–water partition coefficient (Wildman–Crippen LogP) is 4.38. The number of carbonyl (C=O) groups excluding carboxylic acids is 1. The largest absolute Gasteiger partial charge is 0.496 e. The molecule has 0 atom stereocenters. The zero-order chi connectivity index (χ0) is 19.2. The summed E-state index contributed by atoms with van der Waals surface area (Å²) in [6, 6.07) is 17.1. The number of para-hydroxylation sites is 1. The van der Waals surface area contributed by atoms with Crippen LogP contribution in [-0.2, 0) is 6.54 Å². The van der Waals surface area contributed by atoms with Gasteiger partial charge in [-0.2, -0.15) is 0 Å². The molecule has 0 aliphatic heterocycles. The Morgan fingerprint density at radius 2 is 1.89 bits per heavy atom. The number of nitrogens with zero attached hydrogens (tertiary/aromatic N) is 1. The Kier molecular flexibility index (Phi) is 5.71. The standard InChI is InChI=1S/C22H23N3O2/c1-15-7-6-9-19(16(15)2)25-21-13-17(11-12-23-21)22(26)24-14-18-8-4-5-10-20(18)27-3/h4-13H,14H2,1-3H3,(H,23,25)(H,24,26). The average molecular weight is 361 g/mol. The van der Waals surface area contributed by atoms with Crippen LogP contribution in [0.3, 0.4) is 0 Å². The molecule has 0 fully saturated rings. The summed E-state index contributed by atoms with van der Waals surface area (Å²) in [5.41, 5.74) is 4.81. The second-order valence-electron chi connectivity index (χ2n) is 6.30. The Morgan fingerprint density at radius 1 is 1.07 bits per heavy atom. The molecular weight excluding hydrogens is 338 g/mol. The van der Waals surface area contributed by atoms with Gasteiger partial charge in [-0.1, -0.05) is 30.3 Å². The number of benzene rings is 2. The van der Waals surface area contributed by atoms with Crippen molar-refractivity contribution in [2.75, 3.05) is 12.4 Å². The van der Waals surface area contributed by atoms with Gasteiger partial charge in [-0.25, -0.2) is 4.98 Å². The minimum absolute atomic E-state index is 0.160. The number of hydrogen-bond donors (Lipinski definition) is 2. The molecule has 27 heavy (non-hydrogen) atoms. The molecule has 138 valence electrons. The lowest BCUT2D eigenvalue weighted by atomic mass is 10.1. The molecule has 0 aliphatic rings. The summed E-state index contributed by atoms with van der Waals surface area (Å²) in [5.74, 6) is 1.23. The quantitative estimate of drug-likeness (QED) is 0.684. The van der Waals surface area contributed by atoms with Crippen LogP contribution < -0.4 is 15.4 Å². The Bertz CT molecular complexity index is 954. The van der Waals surface area contributed by atoms with Crippen molar-refractivity contribution < 1.29 is 9.53 Å². The number of methoxy groups -OCH3 is 1. The Balaban J connectivity index is 1.71. The fourth-order valence-corrected chi connectivity index (χ4v) is 2.79. The monoisotopic (exact) mass is 361 g/mol. The van der Waals surface area contributed by atoms with Gasteiger partial charge in [0.2, 0.25) is 0 Å². The number of amides is 1. The highest BCUT2D eigenvalue weighted by atomic mass is 16.5. The molecule has 1 aromatic heterocycles. The third-order valence-electron chi connectivity index (χ3n) is 4.52. The Morgan fingerprint density at radius 3 is 2.70 bits per heavy atom. The van der Waals surface area contributed by atoms with Crippen LogP contribution >= 0.6 is 0 Å². The second kappa shape index (κ2) is 8.36. The van der Waals surface area contributed by atoms with Crippen LogP contribution in [0.2, 0.25) is 0 Å². The van der Waals surface area contributed by atoms with Gasteiger partial charge in [0.1, 0.15) is 11.6 Å². The molecule has 2 N–H and O–H groups in total. The van der Waals surface area contributed by atoms with Gasteiger partial charge in [0.25, 0.3) is 5.91 Å². The summed E-state index contributed by atoms with van der Waals surface area (Å²) in [5, 5.41) is 6.22. The van der Waals surface area contributed by atoms with Crippen LogP contribution in [-0.4, -0.2) is 18.0 Å². The molecule has 1 amide bonds. The van der Waals surface area contributed by atoms with E-state index in [2.05, 4.69) is 35.5 Å². The van der Waals surface area contributed by atoms with E-state index in [-0.39, 0.29) is 5.91 Å². The maximum atomic E-state index is 12.5. The van der Waals surface area contributed by atoms with Crippen LogP contribution in [0, 0.1) is 13.8 Å². The van der Waals surface area contributed by atoms with Crippen molar-refractivity contribution in [2.45, 2.75) is 20.4 Å². The molecule has 0 radical (unpaired) electrons. The second-order valence-corrected chi connectivity index (χ2v) is 6.30. The Labute approximate surface area is 159 Å². The van der Waals surface area contributed by atoms with Crippen LogP contribution in [0.4, 0.5) is 11.5 Å². The van der Waals surface area contributed by atoms with Crippen LogP contribution in [0.1, 0.15) is 27.0 Å². The van der Waals surface area contributed by atoms with E-state index in [0.717, 1.165) is 22.6 Å². The van der Waals surface area contributed by atoms with E-state index in [4.69, 9.17) is 4.74 Å². The number of hydrogen-bond acceptors (Lipinski definition) is 4. The normalized spacial score (nSPS) is 10.3. The molecule has 0 bridgehead atoms. The topological polar surface area (TPSA) is 63.2 Å². The fourth-order valence-electron chi connectivity index (χ4n) is 2.79. The molecule has 1 heterocycles. The van der Waals surface area contributed by atoms with Gasteiger partial charge < -0.3 is 15.4 Å². The Hall–Kier alpha value is -3.34. The summed E-state index contributed by atoms with van der Waals surface area (Å²) in [6.07, 6.45) is 1.63. The minimum atomic E-state index is -0.160. The van der Waals surface area contributed by atoms with Crippen LogP contribution in [0.5, 0.6) is 5.75 Å². The van der Waals surface area contributed by atoms with Crippen molar-refractivity contribution in [3.8, 4) is 5.75 Å². The van der Waals surface area contributed by atoms with Crippen LogP contribution in [0.25, 0.3) is 0 Å². The van der Waals surface area contributed by atoms with E-state index in [9.17, 15) is 4.79 Å². The number of pyridine rings is 1. The minimum Gasteiger partial charge on any atom is -0.496 e. The lowest BCUT2D eigenvalue weighted by Gasteiger charge is -2.12. The third kappa shape index (κ3) is 4.44. The van der Waals surface area contributed by atoms with Crippen molar-refractivity contribution >= 4 is 17.4 Å². The molecular formula is C22H23N3O2. The summed E-state index contributed by atoms with van der Waals surface area (Å²) in [4.78, 5) is 16.9. The van der Waals surface area contributed by atoms with Crippen molar-refractivity contribution in [3.05, 3.63) is 83.0 Å². The maximum absolute atomic E-state index is 12.5. The van der Waals surface area contributed by atoms with Gasteiger partial charge in [-0.3, -0.25) is 4.79 Å². The van der Waals surface area contributed by atoms with Crippen LogP contribution in [0.15, 0.2) is 60.8 Å². The molecule has 0 spiro atoms. The van der Waals surface area contributed by atoms with E-state index >= 15 is 0 Å². The van der Waals surface area contributed by atoms with Crippen molar-refractivity contribution in [2.24, 2.45) is 0 Å². The van der Waals surface area contributed by atoms with Gasteiger partial charge in [-0.15, -0.1) is 0 Å². The molecule has 3 rings (SSSR count). The molecule has 0 aliphatic carbocycles. The van der Waals surface area contributed by atoms with E-state index in [0.29, 0.717) is 17.9 Å². The van der Waals surface area contributed by atoms with Gasteiger partial charge in [0.05, 0.1) is 7.11 Å². The van der Waals surface area contributed by atoms with Gasteiger partial charge in [-0.05, 0) is 49.2 Å². The summed E-state index contributed by atoms with van der Waals surface area (Å²) >= 11 is 0. The highest BCUT2D eigenvalue weighted by molar-refractivity contribution is 5.94. The smallest absolute Gasteiger partial charge is 0.251 e. The highest BCUT2D eigenvalue weighted by Gasteiger charge is 2.09. The lowest BCUT2D eigenvalue weighted by molar-refractivity contribution is 0.0950. The maximum Gasteiger partial charge on any atom is 0.251 e. The zero-order valence-corrected chi connectivity index (χ0v) is 15.7. The highest BCUT2D eigenvalue weighted by Crippen LogP contribution is 2.22. The molecule has 0 saturated heterocycles. The molecule has 2 aromatic carbocycles. The molecule has 0 saturated carbocycles. The first-order chi connectivity index (χ1) is 13.1. The molecule has 3 aromatic rings. The first-order valence-electron chi connectivity index (χ1n) is 8.78. The molecule has 0 unspecified atom stereocenters. The number of nitrogens with one attached hydrogen (secondary N) is 2. The van der Waals surface area contributed by atoms with E-state index < -0.39 is 0 Å². The summed E-state index contributed by atoms with van der Waals surface area (Å²) in [6.45, 7) is 4.52. The summed E-state index contributed by atoms with van der Waals surface area (Å²) in [7, 11) is 1.62. The average Bonchev–Trinajstić information content (AvgIpc) is 2.70. The van der Waals surface area contributed by atoms with Gasteiger partial charge in [0.15, 0.2) is 0 Å². The molecule has 5 heteroatoms. The zero-order valence-electron chi connectivity index (χ0n) is 15.7. The van der Waals surface area contributed by atoms with E-state index in [1.54, 1.807) is 25.4 Å². The number of rotatable bonds is 6. The number of ether oxygens (including phenoxy) is 1. The van der Waals surface area contributed by atoms with Crippen molar-refractivity contribution in [1.82, 2.24) is 10.3 Å². The first kappa shape index (κ1) is 18.5. The lowest BCUT2D eigenvalue weighted by Crippen LogP contribution is -2.23. The number of aryl methyl sites for hydroxylation is 1. The first-order valence-corrected chi connectivity index (χ1v) is 8.78. The van der Waals surface area contributed by atoms with Gasteiger partial charge >= 0.3 is 0 Å². The van der Waals surface area contributed by atoms with Gasteiger partial charge in [0, 0.05) is 29.6 Å². The van der Waals surface area contributed by atoms with E-state index in [1.807, 2.05) is 36.4 Å². The number of aromatic nitrogens is 1. The third-order valence-corrected chi connectivity index (χ3v) is 4.52. The molecule has 5 nitrogen and oxygen atoms in total. The SMILES string of the molecule is COc1ccccc1CNC(=O)c1ccnc(Nc2cccc(C)c2C)c1. The van der Waals surface area contributed by atoms with Crippen molar-refractivity contribution in [1.29, 1.82) is 0 Å². The van der Waals surface area contributed by atoms with E-state index in [1.165, 1.54) is 5.56 Å².